The maximum atomic E-state index is 10.3. The standard InChI is InChI=1S/C9H9BrO3/c10-7-3-1-2-6(4-7)5-8(11)9(12)13/h1-4,8,11H,5H2,(H,12,13). The van der Waals surface area contributed by atoms with Gasteiger partial charge in [-0.2, -0.15) is 0 Å². The Bertz CT molecular complexity index is 311. The lowest BCUT2D eigenvalue weighted by Gasteiger charge is -2.05. The number of carbonyl (C=O) groups is 1. The monoisotopic (exact) mass is 244 g/mol. The number of aliphatic carboxylic acids is 1. The maximum Gasteiger partial charge on any atom is 0.332 e. The van der Waals surface area contributed by atoms with Crippen LogP contribution >= 0.6 is 15.9 Å². The smallest absolute Gasteiger partial charge is 0.332 e. The Morgan fingerprint density at radius 1 is 1.54 bits per heavy atom. The van der Waals surface area contributed by atoms with Crippen molar-refractivity contribution in [3.63, 3.8) is 0 Å². The van der Waals surface area contributed by atoms with Crippen LogP contribution in [0.3, 0.4) is 0 Å². The summed E-state index contributed by atoms with van der Waals surface area (Å²) in [4.78, 5) is 10.3. The number of aliphatic hydroxyl groups excluding tert-OH is 1. The summed E-state index contributed by atoms with van der Waals surface area (Å²) >= 11 is 3.26. The summed E-state index contributed by atoms with van der Waals surface area (Å²) in [7, 11) is 0. The highest BCUT2D eigenvalue weighted by molar-refractivity contribution is 9.10. The number of benzene rings is 1. The third-order valence-corrected chi connectivity index (χ3v) is 2.10. The van der Waals surface area contributed by atoms with Crippen LogP contribution in [0.2, 0.25) is 0 Å². The molecule has 0 aliphatic rings. The molecule has 0 fully saturated rings. The summed E-state index contributed by atoms with van der Waals surface area (Å²) in [6, 6.07) is 7.20. The van der Waals surface area contributed by atoms with E-state index >= 15 is 0 Å². The molecule has 0 spiro atoms. The van der Waals surface area contributed by atoms with Crippen LogP contribution in [0.15, 0.2) is 28.7 Å². The first kappa shape index (κ1) is 10.2. The largest absolute Gasteiger partial charge is 0.479 e. The van der Waals surface area contributed by atoms with Gasteiger partial charge >= 0.3 is 5.97 Å². The zero-order valence-electron chi connectivity index (χ0n) is 6.77. The molecule has 0 radical (unpaired) electrons. The number of carboxylic acids is 1. The molecule has 0 saturated heterocycles. The molecule has 1 aromatic rings. The van der Waals surface area contributed by atoms with Gasteiger partial charge in [0.05, 0.1) is 0 Å². The van der Waals surface area contributed by atoms with Crippen molar-refractivity contribution >= 4 is 21.9 Å². The van der Waals surface area contributed by atoms with Crippen LogP contribution in [0.25, 0.3) is 0 Å². The van der Waals surface area contributed by atoms with Crippen molar-refractivity contribution in [3.8, 4) is 0 Å². The van der Waals surface area contributed by atoms with E-state index in [1.807, 2.05) is 6.07 Å². The molecule has 0 aliphatic heterocycles. The maximum absolute atomic E-state index is 10.3. The van der Waals surface area contributed by atoms with E-state index in [4.69, 9.17) is 10.2 Å². The molecule has 4 heteroatoms. The van der Waals surface area contributed by atoms with Crippen LogP contribution < -0.4 is 0 Å². The molecular formula is C9H9BrO3. The SMILES string of the molecule is O=C(O)C(O)Cc1cccc(Br)c1. The number of aliphatic hydroxyl groups is 1. The van der Waals surface area contributed by atoms with Crippen molar-refractivity contribution in [2.75, 3.05) is 0 Å². The first-order valence-corrected chi connectivity index (χ1v) is 4.54. The average Bonchev–Trinajstić information content (AvgIpc) is 2.04. The van der Waals surface area contributed by atoms with Crippen LogP contribution in [0.1, 0.15) is 5.56 Å². The number of hydrogen-bond acceptors (Lipinski definition) is 2. The van der Waals surface area contributed by atoms with Gasteiger partial charge in [-0.15, -0.1) is 0 Å². The minimum Gasteiger partial charge on any atom is -0.479 e. The Kier molecular flexibility index (Phi) is 3.45. The second kappa shape index (κ2) is 4.39. The quantitative estimate of drug-likeness (QED) is 0.847. The van der Waals surface area contributed by atoms with E-state index in [2.05, 4.69) is 15.9 Å². The van der Waals surface area contributed by atoms with Gasteiger partial charge in [-0.05, 0) is 17.7 Å². The Hall–Kier alpha value is -0.870. The fourth-order valence-corrected chi connectivity index (χ4v) is 1.42. The molecule has 0 aliphatic carbocycles. The lowest BCUT2D eigenvalue weighted by molar-refractivity contribution is -0.146. The molecule has 1 atom stereocenters. The first-order chi connectivity index (χ1) is 6.09. The Balaban J connectivity index is 2.69. The van der Waals surface area contributed by atoms with Gasteiger partial charge in [0.1, 0.15) is 0 Å². The summed E-state index contributed by atoms with van der Waals surface area (Å²) < 4.78 is 0.877. The summed E-state index contributed by atoms with van der Waals surface area (Å²) in [5.41, 5.74) is 0.796. The molecule has 70 valence electrons. The van der Waals surface area contributed by atoms with Gasteiger partial charge in [-0.1, -0.05) is 28.1 Å². The highest BCUT2D eigenvalue weighted by atomic mass is 79.9. The zero-order valence-corrected chi connectivity index (χ0v) is 8.36. The minimum absolute atomic E-state index is 0.134. The van der Waals surface area contributed by atoms with E-state index in [1.165, 1.54) is 0 Å². The van der Waals surface area contributed by atoms with E-state index < -0.39 is 12.1 Å². The Morgan fingerprint density at radius 3 is 2.77 bits per heavy atom. The highest BCUT2D eigenvalue weighted by Crippen LogP contribution is 2.13. The number of halogens is 1. The Morgan fingerprint density at radius 2 is 2.23 bits per heavy atom. The van der Waals surface area contributed by atoms with Crippen molar-refractivity contribution in [2.24, 2.45) is 0 Å². The van der Waals surface area contributed by atoms with Crippen LogP contribution in [0, 0.1) is 0 Å². The molecule has 1 rings (SSSR count). The third kappa shape index (κ3) is 3.16. The van der Waals surface area contributed by atoms with E-state index in [0.717, 1.165) is 10.0 Å². The van der Waals surface area contributed by atoms with E-state index in [-0.39, 0.29) is 6.42 Å². The fourth-order valence-electron chi connectivity index (χ4n) is 0.975. The molecule has 0 bridgehead atoms. The second-order valence-corrected chi connectivity index (χ2v) is 3.60. The molecule has 0 saturated carbocycles. The van der Waals surface area contributed by atoms with E-state index in [0.29, 0.717) is 0 Å². The predicted molar refractivity (Wildman–Crippen MR) is 51.5 cm³/mol. The molecule has 0 heterocycles. The highest BCUT2D eigenvalue weighted by Gasteiger charge is 2.13. The molecule has 13 heavy (non-hydrogen) atoms. The molecule has 0 amide bonds. The molecule has 3 nitrogen and oxygen atoms in total. The van der Waals surface area contributed by atoms with Gasteiger partial charge in [-0.25, -0.2) is 4.79 Å². The van der Waals surface area contributed by atoms with Gasteiger partial charge in [0.2, 0.25) is 0 Å². The minimum atomic E-state index is -1.32. The number of hydrogen-bond donors (Lipinski definition) is 2. The topological polar surface area (TPSA) is 57.5 Å². The lowest BCUT2D eigenvalue weighted by Crippen LogP contribution is -2.21. The molecule has 0 aromatic heterocycles. The normalized spacial score (nSPS) is 12.5. The third-order valence-electron chi connectivity index (χ3n) is 1.60. The summed E-state index contributed by atoms with van der Waals surface area (Å²) in [5.74, 6) is -1.19. The van der Waals surface area contributed by atoms with E-state index in [9.17, 15) is 4.79 Å². The van der Waals surface area contributed by atoms with Gasteiger partial charge in [0.25, 0.3) is 0 Å². The van der Waals surface area contributed by atoms with Crippen molar-refractivity contribution in [2.45, 2.75) is 12.5 Å². The van der Waals surface area contributed by atoms with E-state index in [1.54, 1.807) is 18.2 Å². The Labute approximate surface area is 84.1 Å². The van der Waals surface area contributed by atoms with Crippen molar-refractivity contribution in [3.05, 3.63) is 34.3 Å². The van der Waals surface area contributed by atoms with Gasteiger partial charge in [-0.3, -0.25) is 0 Å². The predicted octanol–water partition coefficient (Wildman–Crippen LogP) is 1.44. The van der Waals surface area contributed by atoms with Gasteiger partial charge in [0, 0.05) is 10.9 Å². The van der Waals surface area contributed by atoms with Crippen molar-refractivity contribution < 1.29 is 15.0 Å². The average molecular weight is 245 g/mol. The van der Waals surface area contributed by atoms with Crippen LogP contribution in [0.4, 0.5) is 0 Å². The molecule has 2 N–H and O–H groups in total. The lowest BCUT2D eigenvalue weighted by atomic mass is 10.1. The van der Waals surface area contributed by atoms with Crippen LogP contribution in [-0.2, 0) is 11.2 Å². The van der Waals surface area contributed by atoms with Gasteiger partial charge in [0.15, 0.2) is 6.10 Å². The van der Waals surface area contributed by atoms with Crippen LogP contribution in [0.5, 0.6) is 0 Å². The van der Waals surface area contributed by atoms with Crippen molar-refractivity contribution in [1.82, 2.24) is 0 Å². The van der Waals surface area contributed by atoms with Gasteiger partial charge < -0.3 is 10.2 Å². The first-order valence-electron chi connectivity index (χ1n) is 3.75. The summed E-state index contributed by atoms with van der Waals surface area (Å²) in [6.07, 6.45) is -1.19. The fraction of sp³-hybridized carbons (Fsp3) is 0.222. The summed E-state index contributed by atoms with van der Waals surface area (Å²) in [5, 5.41) is 17.5. The van der Waals surface area contributed by atoms with Crippen molar-refractivity contribution in [1.29, 1.82) is 0 Å². The zero-order chi connectivity index (χ0) is 9.84. The molecule has 1 unspecified atom stereocenters. The summed E-state index contributed by atoms with van der Waals surface area (Å²) in [6.45, 7) is 0. The molecule has 1 aromatic carbocycles. The second-order valence-electron chi connectivity index (χ2n) is 2.69. The molecular weight excluding hydrogens is 236 g/mol. The number of rotatable bonds is 3. The van der Waals surface area contributed by atoms with Crippen LogP contribution in [-0.4, -0.2) is 22.3 Å². The number of carboxylic acid groups (broad SMARTS) is 1.